The Morgan fingerprint density at radius 3 is 2.52 bits per heavy atom. The molecule has 0 aliphatic carbocycles. The van der Waals surface area contributed by atoms with Gasteiger partial charge in [0.15, 0.2) is 18.1 Å². The highest BCUT2D eigenvalue weighted by molar-refractivity contribution is 5.95. The van der Waals surface area contributed by atoms with E-state index in [4.69, 9.17) is 14.2 Å². The predicted octanol–water partition coefficient (Wildman–Crippen LogP) is 3.20. The molecule has 1 aliphatic rings. The van der Waals surface area contributed by atoms with Crippen molar-refractivity contribution < 1.29 is 23.8 Å². The van der Waals surface area contributed by atoms with E-state index in [0.29, 0.717) is 34.4 Å². The van der Waals surface area contributed by atoms with Crippen LogP contribution in [0.25, 0.3) is 0 Å². The van der Waals surface area contributed by atoms with Crippen molar-refractivity contribution in [2.75, 3.05) is 39.2 Å². The number of hydrogen-bond acceptors (Lipinski definition) is 5. The molecule has 7 nitrogen and oxygen atoms in total. The number of methoxy groups -OCH3 is 2. The molecule has 1 unspecified atom stereocenters. The third kappa shape index (κ3) is 4.99. The lowest BCUT2D eigenvalue weighted by atomic mass is 10.1. The summed E-state index contributed by atoms with van der Waals surface area (Å²) in [6.07, 6.45) is 1.02. The first-order valence-corrected chi connectivity index (χ1v) is 9.54. The fourth-order valence-electron chi connectivity index (χ4n) is 3.30. The number of carbonyl (C=O) groups is 2. The Bertz CT molecular complexity index is 883. The summed E-state index contributed by atoms with van der Waals surface area (Å²) < 4.78 is 16.2. The van der Waals surface area contributed by atoms with Gasteiger partial charge in [0.1, 0.15) is 5.75 Å². The summed E-state index contributed by atoms with van der Waals surface area (Å²) in [5.41, 5.74) is 1.11. The molecule has 0 radical (unpaired) electrons. The van der Waals surface area contributed by atoms with Gasteiger partial charge in [-0.3, -0.25) is 9.59 Å². The molecular formula is C22H26N2O5. The number of rotatable bonds is 7. The molecule has 1 fully saturated rings. The summed E-state index contributed by atoms with van der Waals surface area (Å²) in [6, 6.07) is 12.1. The van der Waals surface area contributed by atoms with Crippen molar-refractivity contribution in [1.82, 2.24) is 4.90 Å². The Morgan fingerprint density at radius 1 is 1.07 bits per heavy atom. The SMILES string of the molecule is COc1ccccc1NC(=O)COc1ccc(C(=O)N2CCC(C)C2)cc1OC. The topological polar surface area (TPSA) is 77.1 Å². The number of nitrogens with zero attached hydrogens (tertiary/aromatic N) is 1. The van der Waals surface area contributed by atoms with Gasteiger partial charge in [0.25, 0.3) is 11.8 Å². The standard InChI is InChI=1S/C22H26N2O5/c1-15-10-11-24(13-15)22(26)16-8-9-19(20(12-16)28-3)29-14-21(25)23-17-6-4-5-7-18(17)27-2/h4-9,12,15H,10-11,13-14H2,1-3H3,(H,23,25). The van der Waals surface area contributed by atoms with E-state index < -0.39 is 0 Å². The Labute approximate surface area is 170 Å². The van der Waals surface area contributed by atoms with Crippen LogP contribution in [0.15, 0.2) is 42.5 Å². The Balaban J connectivity index is 1.63. The maximum Gasteiger partial charge on any atom is 0.262 e. The maximum atomic E-state index is 12.7. The van der Waals surface area contributed by atoms with E-state index in [1.165, 1.54) is 14.2 Å². The average molecular weight is 398 g/mol. The summed E-state index contributed by atoms with van der Waals surface area (Å²) in [7, 11) is 3.04. The van der Waals surface area contributed by atoms with Gasteiger partial charge in [-0.2, -0.15) is 0 Å². The molecule has 1 heterocycles. The number of para-hydroxylation sites is 2. The van der Waals surface area contributed by atoms with E-state index in [9.17, 15) is 9.59 Å². The smallest absolute Gasteiger partial charge is 0.262 e. The van der Waals surface area contributed by atoms with Gasteiger partial charge in [-0.1, -0.05) is 19.1 Å². The lowest BCUT2D eigenvalue weighted by Gasteiger charge is -2.17. The van der Waals surface area contributed by atoms with Crippen LogP contribution in [-0.4, -0.2) is 50.6 Å². The second kappa shape index (κ2) is 9.32. The van der Waals surface area contributed by atoms with Gasteiger partial charge in [-0.15, -0.1) is 0 Å². The molecule has 154 valence electrons. The fraction of sp³-hybridized carbons (Fsp3) is 0.364. The number of amides is 2. The summed E-state index contributed by atoms with van der Waals surface area (Å²) in [5, 5.41) is 2.75. The van der Waals surface area contributed by atoms with E-state index in [1.807, 2.05) is 11.0 Å². The van der Waals surface area contributed by atoms with Gasteiger partial charge in [0.2, 0.25) is 0 Å². The number of carbonyl (C=O) groups excluding carboxylic acids is 2. The first-order chi connectivity index (χ1) is 14.0. The van der Waals surface area contributed by atoms with Crippen LogP contribution in [0.4, 0.5) is 5.69 Å². The van der Waals surface area contributed by atoms with Crippen LogP contribution in [0.5, 0.6) is 17.2 Å². The number of benzene rings is 2. The van der Waals surface area contributed by atoms with Gasteiger partial charge in [0.05, 0.1) is 19.9 Å². The summed E-state index contributed by atoms with van der Waals surface area (Å²) in [4.78, 5) is 26.7. The van der Waals surface area contributed by atoms with Crippen LogP contribution < -0.4 is 19.5 Å². The fourth-order valence-corrected chi connectivity index (χ4v) is 3.30. The molecule has 1 N–H and O–H groups in total. The van der Waals surface area contributed by atoms with Crippen molar-refractivity contribution in [3.05, 3.63) is 48.0 Å². The van der Waals surface area contributed by atoms with Gasteiger partial charge >= 0.3 is 0 Å². The van der Waals surface area contributed by atoms with Crippen molar-refractivity contribution in [2.45, 2.75) is 13.3 Å². The molecule has 0 aromatic heterocycles. The zero-order valence-corrected chi connectivity index (χ0v) is 16.9. The van der Waals surface area contributed by atoms with Gasteiger partial charge in [-0.05, 0) is 42.7 Å². The maximum absolute atomic E-state index is 12.7. The number of ether oxygens (including phenoxy) is 3. The number of anilines is 1. The highest BCUT2D eigenvalue weighted by Crippen LogP contribution is 2.30. The molecule has 2 aromatic rings. The molecule has 1 saturated heterocycles. The Kier molecular flexibility index (Phi) is 6.59. The van der Waals surface area contributed by atoms with Gasteiger partial charge in [0, 0.05) is 18.7 Å². The largest absolute Gasteiger partial charge is 0.495 e. The minimum absolute atomic E-state index is 0.0203. The molecule has 0 saturated carbocycles. The van der Waals surface area contributed by atoms with Gasteiger partial charge < -0.3 is 24.4 Å². The minimum atomic E-state index is -0.331. The van der Waals surface area contributed by atoms with E-state index in [-0.39, 0.29) is 18.4 Å². The van der Waals surface area contributed by atoms with E-state index in [0.717, 1.165) is 19.5 Å². The molecule has 2 amide bonds. The third-order valence-corrected chi connectivity index (χ3v) is 4.86. The van der Waals surface area contributed by atoms with Crippen LogP contribution in [0.2, 0.25) is 0 Å². The van der Waals surface area contributed by atoms with E-state index >= 15 is 0 Å². The molecule has 1 atom stereocenters. The van der Waals surface area contributed by atoms with Crippen molar-refractivity contribution in [1.29, 1.82) is 0 Å². The van der Waals surface area contributed by atoms with Crippen molar-refractivity contribution >= 4 is 17.5 Å². The molecule has 7 heteroatoms. The molecular weight excluding hydrogens is 372 g/mol. The zero-order chi connectivity index (χ0) is 20.8. The predicted molar refractivity (Wildman–Crippen MR) is 110 cm³/mol. The second-order valence-electron chi connectivity index (χ2n) is 7.05. The van der Waals surface area contributed by atoms with Crippen LogP contribution in [0.3, 0.4) is 0 Å². The average Bonchev–Trinajstić information content (AvgIpc) is 3.18. The van der Waals surface area contributed by atoms with Crippen LogP contribution in [-0.2, 0) is 4.79 Å². The Morgan fingerprint density at radius 2 is 1.83 bits per heavy atom. The molecule has 0 bridgehead atoms. The van der Waals surface area contributed by atoms with Crippen LogP contribution >= 0.6 is 0 Å². The van der Waals surface area contributed by atoms with Crippen LogP contribution in [0.1, 0.15) is 23.7 Å². The lowest BCUT2D eigenvalue weighted by molar-refractivity contribution is -0.118. The zero-order valence-electron chi connectivity index (χ0n) is 16.9. The number of likely N-dealkylation sites (tertiary alicyclic amines) is 1. The summed E-state index contributed by atoms with van der Waals surface area (Å²) >= 11 is 0. The van der Waals surface area contributed by atoms with Crippen molar-refractivity contribution in [2.24, 2.45) is 5.92 Å². The van der Waals surface area contributed by atoms with Crippen molar-refractivity contribution in [3.63, 3.8) is 0 Å². The third-order valence-electron chi connectivity index (χ3n) is 4.86. The van der Waals surface area contributed by atoms with E-state index in [1.54, 1.807) is 36.4 Å². The molecule has 3 rings (SSSR count). The molecule has 1 aliphatic heterocycles. The minimum Gasteiger partial charge on any atom is -0.495 e. The number of nitrogens with one attached hydrogen (secondary N) is 1. The number of hydrogen-bond donors (Lipinski definition) is 1. The second-order valence-corrected chi connectivity index (χ2v) is 7.05. The first kappa shape index (κ1) is 20.5. The van der Waals surface area contributed by atoms with Gasteiger partial charge in [-0.25, -0.2) is 0 Å². The Hall–Kier alpha value is -3.22. The molecule has 29 heavy (non-hydrogen) atoms. The highest BCUT2D eigenvalue weighted by Gasteiger charge is 2.25. The normalized spacial score (nSPS) is 15.7. The monoisotopic (exact) mass is 398 g/mol. The highest BCUT2D eigenvalue weighted by atomic mass is 16.5. The lowest BCUT2D eigenvalue weighted by Crippen LogP contribution is -2.28. The van der Waals surface area contributed by atoms with Crippen LogP contribution in [0, 0.1) is 5.92 Å². The quantitative estimate of drug-likeness (QED) is 0.775. The van der Waals surface area contributed by atoms with E-state index in [2.05, 4.69) is 12.2 Å². The molecule has 2 aromatic carbocycles. The first-order valence-electron chi connectivity index (χ1n) is 9.54. The summed E-state index contributed by atoms with van der Waals surface area (Å²) in [6.45, 7) is 3.47. The van der Waals surface area contributed by atoms with Crippen molar-refractivity contribution in [3.8, 4) is 17.2 Å². The summed E-state index contributed by atoms with van der Waals surface area (Å²) in [5.74, 6) is 1.54. The molecule has 0 spiro atoms.